The van der Waals surface area contributed by atoms with Crippen LogP contribution in [0.5, 0.6) is 5.75 Å². The van der Waals surface area contributed by atoms with Crippen LogP contribution in [0.3, 0.4) is 0 Å². The Hall–Kier alpha value is -3.46. The molecule has 3 aromatic rings. The van der Waals surface area contributed by atoms with E-state index in [9.17, 15) is 9.18 Å². The second-order valence-corrected chi connectivity index (χ2v) is 13.7. The zero-order chi connectivity index (χ0) is 30.5. The molecule has 6 atom stereocenters. The Kier molecular flexibility index (Phi) is 7.96. The molecule has 9 heteroatoms. The van der Waals surface area contributed by atoms with Gasteiger partial charge in [0, 0.05) is 43.5 Å². The maximum atomic E-state index is 14.4. The minimum Gasteiger partial charge on any atom is -0.497 e. The SMILES string of the molecule is COc1ccc(CCn2cnc3cc(NC(=N[C@@H]4C[C@H]5C[C@@H]([C@@H]4C)C5(C)C)N4C[C@@H](C)N[C@H](C)C4)ccc3c2=O)c(F)c1. The number of hydrogen-bond acceptors (Lipinski definition) is 5. The lowest BCUT2D eigenvalue weighted by Crippen LogP contribution is -2.59. The van der Waals surface area contributed by atoms with Crippen molar-refractivity contribution in [1.82, 2.24) is 19.8 Å². The lowest BCUT2D eigenvalue weighted by Gasteiger charge is -2.61. The summed E-state index contributed by atoms with van der Waals surface area (Å²) in [7, 11) is 1.51. The average Bonchev–Trinajstić information content (AvgIpc) is 2.97. The molecular formula is C34H45FN6O2. The Morgan fingerprint density at radius 3 is 2.58 bits per heavy atom. The second-order valence-electron chi connectivity index (χ2n) is 13.7. The van der Waals surface area contributed by atoms with Crippen molar-refractivity contribution >= 4 is 22.5 Å². The Morgan fingerprint density at radius 2 is 1.91 bits per heavy atom. The highest BCUT2D eigenvalue weighted by Gasteiger charge is 2.56. The van der Waals surface area contributed by atoms with Crippen molar-refractivity contribution in [3.8, 4) is 5.75 Å². The van der Waals surface area contributed by atoms with Crippen LogP contribution >= 0.6 is 0 Å². The van der Waals surface area contributed by atoms with Crippen molar-refractivity contribution < 1.29 is 9.13 Å². The van der Waals surface area contributed by atoms with Crippen LogP contribution in [0.25, 0.3) is 10.9 Å². The summed E-state index contributed by atoms with van der Waals surface area (Å²) >= 11 is 0. The number of benzene rings is 2. The van der Waals surface area contributed by atoms with E-state index < -0.39 is 0 Å². The summed E-state index contributed by atoms with van der Waals surface area (Å²) in [6.07, 6.45) is 4.39. The Morgan fingerprint density at radius 1 is 1.14 bits per heavy atom. The van der Waals surface area contributed by atoms with Crippen molar-refractivity contribution in [3.63, 3.8) is 0 Å². The molecule has 4 aliphatic rings. The van der Waals surface area contributed by atoms with Crippen LogP contribution in [0.2, 0.25) is 0 Å². The molecule has 1 saturated heterocycles. The summed E-state index contributed by atoms with van der Waals surface area (Å²) in [4.78, 5) is 25.7. The van der Waals surface area contributed by atoms with Gasteiger partial charge in [0.15, 0.2) is 5.96 Å². The molecule has 1 aromatic heterocycles. The van der Waals surface area contributed by atoms with Gasteiger partial charge in [0.25, 0.3) is 5.56 Å². The fourth-order valence-corrected chi connectivity index (χ4v) is 7.77. The van der Waals surface area contributed by atoms with Crippen LogP contribution in [-0.4, -0.2) is 58.7 Å². The number of anilines is 1. The summed E-state index contributed by atoms with van der Waals surface area (Å²) in [5, 5.41) is 7.81. The number of methoxy groups -OCH3 is 1. The molecule has 4 fully saturated rings. The largest absolute Gasteiger partial charge is 0.497 e. The molecule has 0 unspecified atom stereocenters. The van der Waals surface area contributed by atoms with Gasteiger partial charge >= 0.3 is 0 Å². The van der Waals surface area contributed by atoms with Gasteiger partial charge in [0.2, 0.25) is 0 Å². The van der Waals surface area contributed by atoms with Crippen LogP contribution in [-0.2, 0) is 13.0 Å². The highest BCUT2D eigenvalue weighted by Crippen LogP contribution is 2.61. The second kappa shape index (κ2) is 11.6. The van der Waals surface area contributed by atoms with Gasteiger partial charge in [-0.2, -0.15) is 0 Å². The molecule has 2 heterocycles. The maximum absolute atomic E-state index is 14.4. The normalized spacial score (nSPS) is 28.4. The number of ether oxygens (including phenoxy) is 1. The van der Waals surface area contributed by atoms with Gasteiger partial charge in [0.05, 0.1) is 30.4 Å². The standard InChI is InChI=1S/C34H45FN6O2/c1-20-17-41(18-21(2)37-20)33(39-30-14-24-13-28(22(30)3)34(24,4)5)38-25-8-10-27-31(15-25)36-19-40(32(27)42)12-11-23-7-9-26(43-6)16-29(23)35/h7-10,15-16,19-22,24,28,30,37H,11-14,17-18H2,1-6H3,(H,38,39)/t20-,21-,22+,24-,28+,30-/m1/s1. The van der Waals surface area contributed by atoms with Gasteiger partial charge in [-0.15, -0.1) is 0 Å². The number of aromatic nitrogens is 2. The van der Waals surface area contributed by atoms with Gasteiger partial charge in [-0.05, 0) is 86.1 Å². The van der Waals surface area contributed by atoms with Crippen LogP contribution < -0.4 is 20.9 Å². The first-order chi connectivity index (χ1) is 20.5. The van der Waals surface area contributed by atoms with Crippen LogP contribution in [0.1, 0.15) is 53.0 Å². The highest BCUT2D eigenvalue weighted by molar-refractivity contribution is 5.96. The van der Waals surface area contributed by atoms with Crippen molar-refractivity contribution in [2.24, 2.45) is 28.2 Å². The number of rotatable bonds is 6. The molecule has 2 bridgehead atoms. The summed E-state index contributed by atoms with van der Waals surface area (Å²) < 4.78 is 21.1. The van der Waals surface area contributed by atoms with Gasteiger partial charge in [0.1, 0.15) is 11.6 Å². The third-order valence-corrected chi connectivity index (χ3v) is 10.4. The fraction of sp³-hybridized carbons (Fsp3) is 0.559. The predicted molar refractivity (Wildman–Crippen MR) is 170 cm³/mol. The quantitative estimate of drug-likeness (QED) is 0.300. The Labute approximate surface area is 253 Å². The molecule has 8 nitrogen and oxygen atoms in total. The first-order valence-corrected chi connectivity index (χ1v) is 15.7. The molecule has 1 aliphatic heterocycles. The van der Waals surface area contributed by atoms with Crippen molar-refractivity contribution in [3.05, 3.63) is 64.5 Å². The number of fused-ring (bicyclic) bond motifs is 3. The van der Waals surface area contributed by atoms with Gasteiger partial charge in [-0.25, -0.2) is 14.4 Å². The predicted octanol–water partition coefficient (Wildman–Crippen LogP) is 5.31. The van der Waals surface area contributed by atoms with E-state index in [0.29, 0.717) is 64.6 Å². The topological polar surface area (TPSA) is 83.8 Å². The van der Waals surface area contributed by atoms with E-state index in [1.165, 1.54) is 19.6 Å². The maximum Gasteiger partial charge on any atom is 0.261 e. The van der Waals surface area contributed by atoms with Crippen molar-refractivity contribution in [2.45, 2.75) is 78.6 Å². The van der Waals surface area contributed by atoms with E-state index in [2.05, 4.69) is 55.1 Å². The lowest BCUT2D eigenvalue weighted by molar-refractivity contribution is -0.108. The van der Waals surface area contributed by atoms with E-state index in [1.807, 2.05) is 18.2 Å². The summed E-state index contributed by atoms with van der Waals surface area (Å²) in [5.41, 5.74) is 2.30. The summed E-state index contributed by atoms with van der Waals surface area (Å²) in [5.74, 6) is 3.03. The zero-order valence-electron chi connectivity index (χ0n) is 26.2. The minimum absolute atomic E-state index is 0.137. The minimum atomic E-state index is -0.342. The molecule has 3 aliphatic carbocycles. The molecule has 43 heavy (non-hydrogen) atoms. The van der Waals surface area contributed by atoms with Gasteiger partial charge in [-0.3, -0.25) is 9.36 Å². The molecule has 7 rings (SSSR count). The van der Waals surface area contributed by atoms with E-state index >= 15 is 0 Å². The Bertz CT molecular complexity index is 1570. The van der Waals surface area contributed by atoms with Gasteiger partial charge < -0.3 is 20.3 Å². The Balaban J connectivity index is 1.23. The number of guanidine groups is 1. The molecule has 0 spiro atoms. The molecule has 2 N–H and O–H groups in total. The van der Waals surface area contributed by atoms with E-state index in [1.54, 1.807) is 23.0 Å². The molecule has 0 amide bonds. The number of nitrogens with zero attached hydrogens (tertiary/aromatic N) is 4. The highest BCUT2D eigenvalue weighted by atomic mass is 19.1. The smallest absolute Gasteiger partial charge is 0.261 e. The summed E-state index contributed by atoms with van der Waals surface area (Å²) in [6.45, 7) is 13.7. The number of halogens is 1. The van der Waals surface area contributed by atoms with Crippen LogP contribution in [0.15, 0.2) is 52.5 Å². The number of nitrogens with one attached hydrogen (secondary N) is 2. The lowest BCUT2D eigenvalue weighted by atomic mass is 9.45. The number of piperazine rings is 1. The number of aryl methyl sites for hydroxylation is 2. The fourth-order valence-electron chi connectivity index (χ4n) is 7.77. The van der Waals surface area contributed by atoms with Crippen molar-refractivity contribution in [1.29, 1.82) is 0 Å². The van der Waals surface area contributed by atoms with E-state index in [0.717, 1.165) is 43.0 Å². The zero-order valence-corrected chi connectivity index (χ0v) is 26.2. The summed E-state index contributed by atoms with van der Waals surface area (Å²) in [6, 6.07) is 11.5. The first kappa shape index (κ1) is 29.6. The monoisotopic (exact) mass is 588 g/mol. The molecular weight excluding hydrogens is 543 g/mol. The van der Waals surface area contributed by atoms with Crippen molar-refractivity contribution in [2.75, 3.05) is 25.5 Å². The molecule has 2 aromatic carbocycles. The van der Waals surface area contributed by atoms with E-state index in [-0.39, 0.29) is 11.4 Å². The average molecular weight is 589 g/mol. The molecule has 0 radical (unpaired) electrons. The third kappa shape index (κ3) is 5.76. The van der Waals surface area contributed by atoms with Crippen LogP contribution in [0.4, 0.5) is 10.1 Å². The third-order valence-electron chi connectivity index (χ3n) is 10.4. The number of hydrogen-bond donors (Lipinski definition) is 2. The number of aliphatic imine (C=N–C) groups is 1. The van der Waals surface area contributed by atoms with Gasteiger partial charge in [-0.1, -0.05) is 26.8 Å². The first-order valence-electron chi connectivity index (χ1n) is 15.7. The van der Waals surface area contributed by atoms with Crippen LogP contribution in [0, 0.1) is 29.0 Å². The molecule has 3 saturated carbocycles. The molecule has 230 valence electrons. The van der Waals surface area contributed by atoms with E-state index in [4.69, 9.17) is 9.73 Å².